The standard InChI is InChI=1S/C33H32F2N6O/c1-2-20-6-3-7-21-8-4-9-24(27(20)21)29-28(35)30-25(16-37-29)31(41-13-10-22-15-36-17-26(22)41)39-32(38-30)42-19-33-11-5-12-40(33)18-23(34)14-33/h1,3-4,6-9,16,22-23,26,36H,5,10-15,17-19H2/t22-,23-,26+,33+/m1/s1. The number of anilines is 1. The summed E-state index contributed by atoms with van der Waals surface area (Å²) in [4.78, 5) is 18.6. The molecule has 8 rings (SSSR count). The van der Waals surface area contributed by atoms with Gasteiger partial charge in [0.05, 0.1) is 10.9 Å². The first-order valence-corrected chi connectivity index (χ1v) is 14.9. The average molecular weight is 567 g/mol. The lowest BCUT2D eigenvalue weighted by atomic mass is 9.95. The molecule has 4 fully saturated rings. The smallest absolute Gasteiger partial charge is 0.319 e. The second-order valence-corrected chi connectivity index (χ2v) is 12.2. The average Bonchev–Trinajstić information content (AvgIpc) is 3.77. The number of benzene rings is 2. The van der Waals surface area contributed by atoms with Gasteiger partial charge in [-0.15, -0.1) is 6.42 Å². The number of ether oxygens (including phenoxy) is 1. The molecule has 0 aliphatic carbocycles. The molecule has 0 unspecified atom stereocenters. The molecule has 6 heterocycles. The summed E-state index contributed by atoms with van der Waals surface area (Å²) in [5.41, 5.74) is 1.29. The monoisotopic (exact) mass is 566 g/mol. The molecule has 42 heavy (non-hydrogen) atoms. The second-order valence-electron chi connectivity index (χ2n) is 12.2. The highest BCUT2D eigenvalue weighted by molar-refractivity contribution is 6.02. The Labute approximate surface area is 243 Å². The van der Waals surface area contributed by atoms with Crippen molar-refractivity contribution in [1.82, 2.24) is 25.2 Å². The van der Waals surface area contributed by atoms with Crippen LogP contribution in [-0.4, -0.2) is 76.9 Å². The Kier molecular flexibility index (Phi) is 6.06. The molecule has 0 spiro atoms. The number of fused-ring (bicyclic) bond motifs is 4. The molecular weight excluding hydrogens is 534 g/mol. The van der Waals surface area contributed by atoms with Crippen LogP contribution in [-0.2, 0) is 0 Å². The zero-order valence-corrected chi connectivity index (χ0v) is 23.3. The lowest BCUT2D eigenvalue weighted by Gasteiger charge is -2.31. The van der Waals surface area contributed by atoms with Gasteiger partial charge in [-0.05, 0) is 43.2 Å². The zero-order chi connectivity index (χ0) is 28.4. The highest BCUT2D eigenvalue weighted by Crippen LogP contribution is 2.42. The summed E-state index contributed by atoms with van der Waals surface area (Å²) in [7, 11) is 0. The fourth-order valence-corrected chi connectivity index (χ4v) is 7.91. The number of hydrogen-bond acceptors (Lipinski definition) is 7. The molecular formula is C33H32F2N6O. The van der Waals surface area contributed by atoms with Crippen molar-refractivity contribution in [3.05, 3.63) is 54.0 Å². The minimum absolute atomic E-state index is 0.119. The van der Waals surface area contributed by atoms with Gasteiger partial charge in [-0.3, -0.25) is 9.88 Å². The number of nitrogens with one attached hydrogen (secondary N) is 1. The molecule has 4 saturated heterocycles. The first-order valence-electron chi connectivity index (χ1n) is 14.9. The number of hydrogen-bond donors (Lipinski definition) is 1. The van der Waals surface area contributed by atoms with Crippen LogP contribution in [0.15, 0.2) is 42.6 Å². The van der Waals surface area contributed by atoms with Crippen molar-refractivity contribution < 1.29 is 13.5 Å². The van der Waals surface area contributed by atoms with E-state index < -0.39 is 12.0 Å². The SMILES string of the molecule is C#Cc1cccc2cccc(-c3ncc4c(N5CC[C@@H]6CNC[C@@H]65)nc(OC[C@@]56CCCN5C[C@H](F)C6)nc4c3F)c12. The van der Waals surface area contributed by atoms with Crippen molar-refractivity contribution in [1.29, 1.82) is 0 Å². The Morgan fingerprint density at radius 2 is 2.02 bits per heavy atom. The van der Waals surface area contributed by atoms with E-state index >= 15 is 4.39 Å². The van der Waals surface area contributed by atoms with Crippen molar-refractivity contribution >= 4 is 27.5 Å². The van der Waals surface area contributed by atoms with Gasteiger partial charge >= 0.3 is 6.01 Å². The van der Waals surface area contributed by atoms with Gasteiger partial charge in [0.2, 0.25) is 0 Å². The third kappa shape index (κ3) is 3.96. The first-order chi connectivity index (χ1) is 20.5. The van der Waals surface area contributed by atoms with Crippen LogP contribution in [0.3, 0.4) is 0 Å². The first kappa shape index (κ1) is 25.8. The number of alkyl halides is 1. The van der Waals surface area contributed by atoms with E-state index in [0.717, 1.165) is 56.2 Å². The minimum Gasteiger partial charge on any atom is -0.461 e. The molecule has 2 aromatic carbocycles. The molecule has 4 aromatic rings. The van der Waals surface area contributed by atoms with Crippen molar-refractivity contribution in [2.45, 2.75) is 43.4 Å². The third-order valence-electron chi connectivity index (χ3n) is 9.91. The third-order valence-corrected chi connectivity index (χ3v) is 9.91. The predicted molar refractivity (Wildman–Crippen MR) is 159 cm³/mol. The van der Waals surface area contributed by atoms with Crippen molar-refractivity contribution in [2.24, 2.45) is 5.92 Å². The van der Waals surface area contributed by atoms with Crippen molar-refractivity contribution in [3.63, 3.8) is 0 Å². The molecule has 1 N–H and O–H groups in total. The lowest BCUT2D eigenvalue weighted by molar-refractivity contribution is 0.107. The van der Waals surface area contributed by atoms with Gasteiger partial charge in [0, 0.05) is 61.4 Å². The summed E-state index contributed by atoms with van der Waals surface area (Å²) in [5, 5.41) is 5.73. The number of halogens is 2. The molecule has 7 nitrogen and oxygen atoms in total. The molecule has 0 saturated carbocycles. The van der Waals surface area contributed by atoms with Crippen LogP contribution in [0.5, 0.6) is 6.01 Å². The van der Waals surface area contributed by atoms with Gasteiger partial charge in [0.1, 0.15) is 29.8 Å². The minimum atomic E-state index is -0.863. The normalized spacial score (nSPS) is 27.1. The topological polar surface area (TPSA) is 66.4 Å². The number of terminal acetylenes is 1. The summed E-state index contributed by atoms with van der Waals surface area (Å²) in [6.45, 7) is 4.21. The van der Waals surface area contributed by atoms with Crippen LogP contribution in [0.25, 0.3) is 32.9 Å². The van der Waals surface area contributed by atoms with Crippen LogP contribution in [0.2, 0.25) is 0 Å². The van der Waals surface area contributed by atoms with Crippen LogP contribution in [0.4, 0.5) is 14.6 Å². The molecule has 0 amide bonds. The summed E-state index contributed by atoms with van der Waals surface area (Å²) < 4.78 is 37.4. The van der Waals surface area contributed by atoms with Gasteiger partial charge in [0.25, 0.3) is 0 Å². The van der Waals surface area contributed by atoms with Crippen LogP contribution in [0, 0.1) is 24.1 Å². The van der Waals surface area contributed by atoms with E-state index in [4.69, 9.17) is 16.1 Å². The molecule has 4 atom stereocenters. The largest absolute Gasteiger partial charge is 0.461 e. The Bertz CT molecular complexity index is 1750. The molecule has 0 bridgehead atoms. The zero-order valence-electron chi connectivity index (χ0n) is 23.3. The van der Waals surface area contributed by atoms with Crippen LogP contribution >= 0.6 is 0 Å². The molecule has 4 aliphatic rings. The maximum absolute atomic E-state index is 16.7. The Morgan fingerprint density at radius 1 is 1.14 bits per heavy atom. The summed E-state index contributed by atoms with van der Waals surface area (Å²) in [6.07, 6.45) is 10.0. The number of nitrogens with zero attached hydrogens (tertiary/aromatic N) is 5. The Hall–Kier alpha value is -3.87. The highest BCUT2D eigenvalue weighted by Gasteiger charge is 2.49. The van der Waals surface area contributed by atoms with E-state index in [0.29, 0.717) is 41.2 Å². The summed E-state index contributed by atoms with van der Waals surface area (Å²) in [5.74, 6) is 3.36. The van der Waals surface area contributed by atoms with Crippen molar-refractivity contribution in [3.8, 4) is 29.6 Å². The Balaban J connectivity index is 1.26. The van der Waals surface area contributed by atoms with Gasteiger partial charge in [-0.25, -0.2) is 8.78 Å². The predicted octanol–water partition coefficient (Wildman–Crippen LogP) is 4.72. The molecule has 2 aromatic heterocycles. The lowest BCUT2D eigenvalue weighted by Crippen LogP contribution is -2.43. The fourth-order valence-electron chi connectivity index (χ4n) is 7.91. The number of rotatable bonds is 5. The fraction of sp³-hybridized carbons (Fsp3) is 0.424. The number of aromatic nitrogens is 3. The van der Waals surface area contributed by atoms with Gasteiger partial charge in [0.15, 0.2) is 5.82 Å². The van der Waals surface area contributed by atoms with Crippen LogP contribution in [0.1, 0.15) is 31.2 Å². The van der Waals surface area contributed by atoms with Gasteiger partial charge < -0.3 is 15.0 Å². The Morgan fingerprint density at radius 3 is 2.90 bits per heavy atom. The quantitative estimate of drug-likeness (QED) is 0.351. The van der Waals surface area contributed by atoms with Gasteiger partial charge in [-0.2, -0.15) is 9.97 Å². The molecule has 0 radical (unpaired) electrons. The molecule has 214 valence electrons. The van der Waals surface area contributed by atoms with E-state index in [-0.39, 0.29) is 35.4 Å². The van der Waals surface area contributed by atoms with E-state index in [1.54, 1.807) is 6.20 Å². The van der Waals surface area contributed by atoms with Crippen LogP contribution < -0.4 is 15.0 Å². The molecule has 9 heteroatoms. The summed E-state index contributed by atoms with van der Waals surface area (Å²) >= 11 is 0. The van der Waals surface area contributed by atoms with E-state index in [9.17, 15) is 4.39 Å². The maximum Gasteiger partial charge on any atom is 0.319 e. The number of pyridine rings is 1. The van der Waals surface area contributed by atoms with E-state index in [1.165, 1.54) is 0 Å². The maximum atomic E-state index is 16.7. The van der Waals surface area contributed by atoms with Gasteiger partial charge in [-0.1, -0.05) is 36.3 Å². The van der Waals surface area contributed by atoms with E-state index in [1.807, 2.05) is 36.4 Å². The van der Waals surface area contributed by atoms with E-state index in [2.05, 4.69) is 31.0 Å². The highest BCUT2D eigenvalue weighted by atomic mass is 19.1. The molecule has 4 aliphatic heterocycles. The second kappa shape index (κ2) is 9.85. The summed E-state index contributed by atoms with van der Waals surface area (Å²) in [6, 6.07) is 11.8. The van der Waals surface area contributed by atoms with Crippen molar-refractivity contribution in [2.75, 3.05) is 44.2 Å².